The molecule has 32 heavy (non-hydrogen) atoms. The maximum Gasteiger partial charge on any atom is 0.416 e. The summed E-state index contributed by atoms with van der Waals surface area (Å²) in [4.78, 5) is 27.7. The van der Waals surface area contributed by atoms with E-state index in [9.17, 15) is 9.90 Å². The molecule has 1 aromatic heterocycles. The molecule has 2 aliphatic rings. The highest BCUT2D eigenvalue weighted by Crippen LogP contribution is 2.41. The van der Waals surface area contributed by atoms with Crippen LogP contribution < -0.4 is 9.80 Å². The van der Waals surface area contributed by atoms with Crippen LogP contribution in [0.4, 0.5) is 22.2 Å². The molecule has 0 radical (unpaired) electrons. The first-order valence-electron chi connectivity index (χ1n) is 10.8. The number of anilines is 3. The zero-order chi connectivity index (χ0) is 23.0. The van der Waals surface area contributed by atoms with Gasteiger partial charge in [0, 0.05) is 31.5 Å². The van der Waals surface area contributed by atoms with E-state index < -0.39 is 18.0 Å². The van der Waals surface area contributed by atoms with Gasteiger partial charge in [-0.2, -0.15) is 4.98 Å². The van der Waals surface area contributed by atoms with E-state index in [-0.39, 0.29) is 6.10 Å². The molecule has 4 rings (SSSR count). The lowest BCUT2D eigenvalue weighted by Gasteiger charge is -2.28. The first-order valence-corrected chi connectivity index (χ1v) is 10.8. The van der Waals surface area contributed by atoms with Crippen LogP contribution in [0.1, 0.15) is 38.0 Å². The molecule has 1 saturated heterocycles. The lowest BCUT2D eigenvalue weighted by atomic mass is 10.1. The first-order chi connectivity index (χ1) is 15.1. The number of hydrogen-bond donors (Lipinski definition) is 1. The molecule has 3 heterocycles. The number of benzene rings is 1. The fraction of sp³-hybridized carbons (Fsp3) is 0.522. The molecule has 0 bridgehead atoms. The lowest BCUT2D eigenvalue weighted by molar-refractivity contribution is 0.0577. The Bertz CT molecular complexity index is 991. The second kappa shape index (κ2) is 8.65. The molecule has 0 spiro atoms. The van der Waals surface area contributed by atoms with Crippen LogP contribution in [-0.2, 0) is 15.9 Å². The number of epoxide rings is 1. The van der Waals surface area contributed by atoms with Crippen molar-refractivity contribution in [1.82, 2.24) is 14.9 Å². The summed E-state index contributed by atoms with van der Waals surface area (Å²) in [6.45, 7) is 7.40. The van der Waals surface area contributed by atoms with E-state index >= 15 is 0 Å². The lowest BCUT2D eigenvalue weighted by Crippen LogP contribution is -2.41. The molecule has 2 atom stereocenters. The zero-order valence-corrected chi connectivity index (χ0v) is 19.3. The SMILES string of the molecule is CN(C)CCN(C(=O)OC(C)(C)C)c1ccnc(N2CCc3cc(C4OC4O)ccc32)n1. The summed E-state index contributed by atoms with van der Waals surface area (Å²) in [6.07, 6.45) is 1.15. The van der Waals surface area contributed by atoms with Crippen LogP contribution >= 0.6 is 0 Å². The van der Waals surface area contributed by atoms with Crippen LogP contribution in [0.2, 0.25) is 0 Å². The number of amides is 1. The number of hydrogen-bond acceptors (Lipinski definition) is 8. The maximum absolute atomic E-state index is 12.9. The Morgan fingerprint density at radius 1 is 1.28 bits per heavy atom. The molecule has 2 unspecified atom stereocenters. The number of aromatic nitrogens is 2. The van der Waals surface area contributed by atoms with Gasteiger partial charge in [-0.05, 0) is 64.5 Å². The van der Waals surface area contributed by atoms with Gasteiger partial charge in [-0.1, -0.05) is 12.1 Å². The Labute approximate surface area is 188 Å². The highest BCUT2D eigenvalue weighted by atomic mass is 16.7. The highest BCUT2D eigenvalue weighted by Gasteiger charge is 2.39. The van der Waals surface area contributed by atoms with E-state index in [2.05, 4.69) is 11.1 Å². The molecule has 2 aliphatic heterocycles. The molecule has 9 heteroatoms. The predicted molar refractivity (Wildman–Crippen MR) is 121 cm³/mol. The fourth-order valence-electron chi connectivity index (χ4n) is 3.69. The Morgan fingerprint density at radius 2 is 2.03 bits per heavy atom. The smallest absolute Gasteiger partial charge is 0.416 e. The van der Waals surface area contributed by atoms with E-state index in [4.69, 9.17) is 14.5 Å². The number of carbonyl (C=O) groups excluding carboxylic acids is 1. The van der Waals surface area contributed by atoms with Crippen LogP contribution in [0.15, 0.2) is 30.5 Å². The van der Waals surface area contributed by atoms with Gasteiger partial charge >= 0.3 is 6.09 Å². The predicted octanol–water partition coefficient (Wildman–Crippen LogP) is 2.86. The standard InChI is InChI=1S/C23H31N5O4/c1-23(2,3)32-22(30)28(13-12-26(4)5)18-8-10-24-21(25-18)27-11-9-15-14-16(6-7-17(15)27)19-20(29)31-19/h6-8,10,14,19-20,29H,9,11-13H2,1-5H3. The molecule has 9 nitrogen and oxygen atoms in total. The molecular weight excluding hydrogens is 410 g/mol. The van der Waals surface area contributed by atoms with Gasteiger partial charge in [0.05, 0.1) is 0 Å². The molecule has 1 N–H and O–H groups in total. The Morgan fingerprint density at radius 3 is 2.69 bits per heavy atom. The highest BCUT2D eigenvalue weighted by molar-refractivity contribution is 5.87. The van der Waals surface area contributed by atoms with Crippen molar-refractivity contribution in [1.29, 1.82) is 0 Å². The average Bonchev–Trinajstić information content (AvgIpc) is 3.29. The minimum absolute atomic E-state index is 0.229. The topological polar surface area (TPSA) is 94.6 Å². The quantitative estimate of drug-likeness (QED) is 0.684. The van der Waals surface area contributed by atoms with Crippen LogP contribution in [-0.4, -0.2) is 71.7 Å². The number of nitrogens with zero attached hydrogens (tertiary/aromatic N) is 5. The zero-order valence-electron chi connectivity index (χ0n) is 19.3. The molecule has 2 aromatic rings. The minimum Gasteiger partial charge on any atom is -0.443 e. The molecular formula is C23H31N5O4. The summed E-state index contributed by atoms with van der Waals surface area (Å²) in [6, 6.07) is 7.78. The number of ether oxygens (including phenoxy) is 2. The van der Waals surface area contributed by atoms with Gasteiger partial charge in [0.15, 0.2) is 6.29 Å². The largest absolute Gasteiger partial charge is 0.443 e. The average molecular weight is 442 g/mol. The van der Waals surface area contributed by atoms with E-state index in [1.807, 2.05) is 56.8 Å². The van der Waals surface area contributed by atoms with Crippen molar-refractivity contribution in [3.8, 4) is 0 Å². The molecule has 172 valence electrons. The van der Waals surface area contributed by atoms with Gasteiger partial charge in [-0.15, -0.1) is 0 Å². The van der Waals surface area contributed by atoms with Crippen molar-refractivity contribution < 1.29 is 19.4 Å². The van der Waals surface area contributed by atoms with Gasteiger partial charge in [0.2, 0.25) is 5.95 Å². The van der Waals surface area contributed by atoms with Gasteiger partial charge in [-0.3, -0.25) is 4.90 Å². The summed E-state index contributed by atoms with van der Waals surface area (Å²) in [5, 5.41) is 9.54. The van der Waals surface area contributed by atoms with Crippen LogP contribution in [0, 0.1) is 0 Å². The van der Waals surface area contributed by atoms with Gasteiger partial charge in [0.1, 0.15) is 17.5 Å². The molecule has 0 saturated carbocycles. The van der Waals surface area contributed by atoms with Gasteiger partial charge < -0.3 is 24.4 Å². The van der Waals surface area contributed by atoms with Crippen molar-refractivity contribution in [3.63, 3.8) is 0 Å². The van der Waals surface area contributed by atoms with Crippen molar-refractivity contribution in [2.75, 3.05) is 43.5 Å². The molecule has 0 aliphatic carbocycles. The number of carbonyl (C=O) groups is 1. The first kappa shape index (κ1) is 22.4. The number of aliphatic hydroxyl groups excluding tert-OH is 1. The second-order valence-electron chi connectivity index (χ2n) is 9.39. The van der Waals surface area contributed by atoms with Crippen molar-refractivity contribution in [3.05, 3.63) is 41.6 Å². The van der Waals surface area contributed by atoms with Crippen LogP contribution in [0.25, 0.3) is 0 Å². The van der Waals surface area contributed by atoms with Gasteiger partial charge in [0.25, 0.3) is 0 Å². The summed E-state index contributed by atoms with van der Waals surface area (Å²) in [7, 11) is 3.92. The number of aliphatic hydroxyl groups is 1. The number of fused-ring (bicyclic) bond motifs is 1. The maximum atomic E-state index is 12.9. The van der Waals surface area contributed by atoms with Crippen LogP contribution in [0.3, 0.4) is 0 Å². The van der Waals surface area contributed by atoms with Crippen molar-refractivity contribution in [2.45, 2.75) is 45.2 Å². The third kappa shape index (κ3) is 5.01. The molecule has 1 fully saturated rings. The third-order valence-electron chi connectivity index (χ3n) is 5.33. The summed E-state index contributed by atoms with van der Waals surface area (Å²) >= 11 is 0. The van der Waals surface area contributed by atoms with E-state index in [0.717, 1.165) is 29.8 Å². The summed E-state index contributed by atoms with van der Waals surface area (Å²) in [5.74, 6) is 1.04. The second-order valence-corrected chi connectivity index (χ2v) is 9.39. The van der Waals surface area contributed by atoms with Gasteiger partial charge in [-0.25, -0.2) is 9.78 Å². The van der Waals surface area contributed by atoms with E-state index in [1.165, 1.54) is 0 Å². The Hall–Kier alpha value is -2.75. The molecule has 1 amide bonds. The van der Waals surface area contributed by atoms with Crippen LogP contribution in [0.5, 0.6) is 0 Å². The normalized spacial score (nSPS) is 19.8. The van der Waals surface area contributed by atoms with Crippen molar-refractivity contribution in [2.24, 2.45) is 0 Å². The Kier molecular flexibility index (Phi) is 6.07. The summed E-state index contributed by atoms with van der Waals surface area (Å²) in [5.41, 5.74) is 2.56. The number of rotatable bonds is 6. The van der Waals surface area contributed by atoms with E-state index in [1.54, 1.807) is 17.2 Å². The Balaban J connectivity index is 1.59. The number of likely N-dealkylation sites (N-methyl/N-ethyl adjacent to an activating group) is 1. The third-order valence-corrected chi connectivity index (χ3v) is 5.33. The summed E-state index contributed by atoms with van der Waals surface area (Å²) < 4.78 is 10.8. The minimum atomic E-state index is -0.702. The molecule has 1 aromatic carbocycles. The fourth-order valence-corrected chi connectivity index (χ4v) is 3.69. The van der Waals surface area contributed by atoms with E-state index in [0.29, 0.717) is 24.9 Å². The van der Waals surface area contributed by atoms with Crippen molar-refractivity contribution >= 4 is 23.5 Å². The monoisotopic (exact) mass is 441 g/mol.